The van der Waals surface area contributed by atoms with Crippen LogP contribution in [0.3, 0.4) is 0 Å². The van der Waals surface area contributed by atoms with Crippen LogP contribution in [0.25, 0.3) is 0 Å². The molecule has 5 rings (SSSR count). The molecular formula is C22H30N6O2S. The van der Waals surface area contributed by atoms with E-state index in [1.807, 2.05) is 0 Å². The first-order chi connectivity index (χ1) is 14.9. The molecule has 8 nitrogen and oxygen atoms in total. The maximum absolute atomic E-state index is 12.7. The second kappa shape index (κ2) is 7.94. The second-order valence-electron chi connectivity index (χ2n) is 9.29. The van der Waals surface area contributed by atoms with Gasteiger partial charge in [0.25, 0.3) is 5.91 Å². The molecule has 0 radical (unpaired) electrons. The van der Waals surface area contributed by atoms with Crippen molar-refractivity contribution in [2.45, 2.75) is 50.9 Å². The van der Waals surface area contributed by atoms with Crippen molar-refractivity contribution < 1.29 is 9.59 Å². The monoisotopic (exact) mass is 442 g/mol. The zero-order valence-corrected chi connectivity index (χ0v) is 18.8. The van der Waals surface area contributed by atoms with Gasteiger partial charge in [-0.25, -0.2) is 0 Å². The molecule has 0 bridgehead atoms. The first-order valence-electron chi connectivity index (χ1n) is 11.2. The maximum Gasteiger partial charge on any atom is 0.251 e. The van der Waals surface area contributed by atoms with E-state index in [0.29, 0.717) is 17.1 Å². The minimum absolute atomic E-state index is 0.0849. The van der Waals surface area contributed by atoms with Crippen LogP contribution in [0.2, 0.25) is 0 Å². The summed E-state index contributed by atoms with van der Waals surface area (Å²) in [4.78, 5) is 30.4. The molecule has 31 heavy (non-hydrogen) atoms. The Hall–Kier alpha value is -2.39. The molecule has 1 saturated carbocycles. The SMILES string of the molecule is CC1(c2cc(N3CCN(CC(=O)Nc4sc5c(c4C(N)=O)CCCC5)CC3)n[nH]2)CC1. The fraction of sp³-hybridized carbons (Fsp3) is 0.591. The van der Waals surface area contributed by atoms with E-state index in [1.165, 1.54) is 34.7 Å². The van der Waals surface area contributed by atoms with Crippen LogP contribution in [-0.4, -0.2) is 59.6 Å². The minimum atomic E-state index is -0.443. The number of aromatic amines is 1. The number of anilines is 2. The van der Waals surface area contributed by atoms with Gasteiger partial charge in [-0.2, -0.15) is 5.10 Å². The van der Waals surface area contributed by atoms with Crippen molar-refractivity contribution in [2.24, 2.45) is 5.73 Å². The van der Waals surface area contributed by atoms with E-state index >= 15 is 0 Å². The van der Waals surface area contributed by atoms with Gasteiger partial charge in [0.05, 0.1) is 12.1 Å². The smallest absolute Gasteiger partial charge is 0.251 e. The standard InChI is InChI=1S/C22H30N6O2S/c1-22(6-7-22)16-12-17(26-25-16)28-10-8-27(9-11-28)13-18(29)24-21-19(20(23)30)14-4-2-3-5-15(14)31-21/h12H,2-11,13H2,1H3,(H2,23,30)(H,24,29)(H,25,26). The number of nitrogens with one attached hydrogen (secondary N) is 2. The molecule has 2 aromatic rings. The number of rotatable bonds is 6. The molecule has 1 aliphatic heterocycles. The van der Waals surface area contributed by atoms with Crippen LogP contribution in [0.4, 0.5) is 10.8 Å². The van der Waals surface area contributed by atoms with Gasteiger partial charge in [0, 0.05) is 48.2 Å². The molecule has 2 fully saturated rings. The lowest BCUT2D eigenvalue weighted by atomic mass is 9.95. The number of thiophene rings is 1. The molecule has 1 saturated heterocycles. The van der Waals surface area contributed by atoms with Crippen molar-refractivity contribution in [2.75, 3.05) is 42.9 Å². The molecule has 2 amide bonds. The van der Waals surface area contributed by atoms with Gasteiger partial charge in [0.1, 0.15) is 5.00 Å². The van der Waals surface area contributed by atoms with E-state index < -0.39 is 5.91 Å². The van der Waals surface area contributed by atoms with Gasteiger partial charge in [-0.15, -0.1) is 11.3 Å². The van der Waals surface area contributed by atoms with Gasteiger partial charge in [0.15, 0.2) is 5.82 Å². The average Bonchev–Trinajstić information content (AvgIpc) is 3.16. The van der Waals surface area contributed by atoms with Crippen LogP contribution in [0, 0.1) is 0 Å². The predicted molar refractivity (Wildman–Crippen MR) is 122 cm³/mol. The summed E-state index contributed by atoms with van der Waals surface area (Å²) in [7, 11) is 0. The maximum atomic E-state index is 12.7. The van der Waals surface area contributed by atoms with Gasteiger partial charge in [-0.1, -0.05) is 6.92 Å². The lowest BCUT2D eigenvalue weighted by molar-refractivity contribution is -0.117. The van der Waals surface area contributed by atoms with E-state index in [0.717, 1.165) is 63.2 Å². The van der Waals surface area contributed by atoms with E-state index in [4.69, 9.17) is 5.73 Å². The summed E-state index contributed by atoms with van der Waals surface area (Å²) in [5, 5.41) is 11.3. The summed E-state index contributed by atoms with van der Waals surface area (Å²) in [6.07, 6.45) is 6.48. The van der Waals surface area contributed by atoms with E-state index in [1.54, 1.807) is 0 Å². The third kappa shape index (κ3) is 4.08. The zero-order valence-electron chi connectivity index (χ0n) is 18.0. The molecular weight excluding hydrogens is 412 g/mol. The van der Waals surface area contributed by atoms with Crippen LogP contribution in [0.15, 0.2) is 6.07 Å². The van der Waals surface area contributed by atoms with Gasteiger partial charge < -0.3 is 16.0 Å². The Labute approximate surface area is 186 Å². The van der Waals surface area contributed by atoms with Crippen molar-refractivity contribution in [1.82, 2.24) is 15.1 Å². The highest BCUT2D eigenvalue weighted by Gasteiger charge is 2.41. The topological polar surface area (TPSA) is 107 Å². The van der Waals surface area contributed by atoms with Gasteiger partial charge in [-0.3, -0.25) is 19.6 Å². The lowest BCUT2D eigenvalue weighted by Gasteiger charge is -2.34. The molecule has 9 heteroatoms. The number of hydrogen-bond donors (Lipinski definition) is 3. The molecule has 0 atom stereocenters. The molecule has 0 aromatic carbocycles. The number of carbonyl (C=O) groups is 2. The Morgan fingerprint density at radius 3 is 2.68 bits per heavy atom. The van der Waals surface area contributed by atoms with E-state index in [-0.39, 0.29) is 11.3 Å². The largest absolute Gasteiger partial charge is 0.365 e. The highest BCUT2D eigenvalue weighted by atomic mass is 32.1. The predicted octanol–water partition coefficient (Wildman–Crippen LogP) is 2.26. The Bertz CT molecular complexity index is 1000. The number of carbonyl (C=O) groups excluding carboxylic acids is 2. The number of nitrogens with two attached hydrogens (primary N) is 1. The number of amides is 2. The van der Waals surface area contributed by atoms with Gasteiger partial charge in [0.2, 0.25) is 5.91 Å². The van der Waals surface area contributed by atoms with Crippen LogP contribution in [0.5, 0.6) is 0 Å². The van der Waals surface area contributed by atoms with Crippen LogP contribution < -0.4 is 16.0 Å². The van der Waals surface area contributed by atoms with Crippen molar-refractivity contribution in [3.05, 3.63) is 27.8 Å². The average molecular weight is 443 g/mol. The Kier molecular flexibility index (Phi) is 5.26. The number of nitrogens with zero attached hydrogens (tertiary/aromatic N) is 3. The molecule has 0 unspecified atom stereocenters. The fourth-order valence-electron chi connectivity index (χ4n) is 4.66. The first-order valence-corrected chi connectivity index (χ1v) is 12.0. The number of hydrogen-bond acceptors (Lipinski definition) is 6. The summed E-state index contributed by atoms with van der Waals surface area (Å²) in [6, 6.07) is 2.18. The third-order valence-electron chi connectivity index (χ3n) is 6.95. The zero-order chi connectivity index (χ0) is 21.6. The molecule has 4 N–H and O–H groups in total. The normalized spacial score (nSPS) is 20.4. The first kappa shape index (κ1) is 20.5. The van der Waals surface area contributed by atoms with Crippen LogP contribution >= 0.6 is 11.3 Å². The summed E-state index contributed by atoms with van der Waals surface area (Å²) >= 11 is 1.52. The molecule has 2 aliphatic carbocycles. The molecule has 0 spiro atoms. The summed E-state index contributed by atoms with van der Waals surface area (Å²) in [5.74, 6) is 0.475. The highest BCUT2D eigenvalue weighted by Crippen LogP contribution is 2.47. The van der Waals surface area contributed by atoms with Crippen molar-refractivity contribution in [1.29, 1.82) is 0 Å². The second-order valence-corrected chi connectivity index (χ2v) is 10.4. The highest BCUT2D eigenvalue weighted by molar-refractivity contribution is 7.17. The van der Waals surface area contributed by atoms with E-state index in [9.17, 15) is 9.59 Å². The number of fused-ring (bicyclic) bond motifs is 1. The van der Waals surface area contributed by atoms with Gasteiger partial charge >= 0.3 is 0 Å². The summed E-state index contributed by atoms with van der Waals surface area (Å²) < 4.78 is 0. The summed E-state index contributed by atoms with van der Waals surface area (Å²) in [5.41, 5.74) is 8.73. The van der Waals surface area contributed by atoms with Crippen molar-refractivity contribution in [3.8, 4) is 0 Å². The van der Waals surface area contributed by atoms with Crippen LogP contribution in [-0.2, 0) is 23.1 Å². The quantitative estimate of drug-likeness (QED) is 0.636. The molecule has 3 aliphatic rings. The number of aromatic nitrogens is 2. The molecule has 3 heterocycles. The lowest BCUT2D eigenvalue weighted by Crippen LogP contribution is -2.48. The summed E-state index contributed by atoms with van der Waals surface area (Å²) in [6.45, 7) is 5.88. The van der Waals surface area contributed by atoms with Crippen molar-refractivity contribution in [3.63, 3.8) is 0 Å². The third-order valence-corrected chi connectivity index (χ3v) is 8.16. The van der Waals surface area contributed by atoms with Crippen molar-refractivity contribution >= 4 is 34.0 Å². The number of primary amides is 1. The van der Waals surface area contributed by atoms with Crippen LogP contribution in [0.1, 0.15) is 59.1 Å². The molecule has 166 valence electrons. The minimum Gasteiger partial charge on any atom is -0.365 e. The molecule has 2 aromatic heterocycles. The Morgan fingerprint density at radius 1 is 1.23 bits per heavy atom. The van der Waals surface area contributed by atoms with Gasteiger partial charge in [-0.05, 0) is 44.1 Å². The van der Waals surface area contributed by atoms with E-state index in [2.05, 4.69) is 38.3 Å². The fourth-order valence-corrected chi connectivity index (χ4v) is 5.97. The Morgan fingerprint density at radius 2 is 1.97 bits per heavy atom. The number of H-pyrrole nitrogens is 1. The number of aryl methyl sites for hydroxylation is 1. The number of piperazine rings is 1. The Balaban J connectivity index is 1.17.